The number of dihydropyridines is 1. The highest BCUT2D eigenvalue weighted by atomic mass is 15.3. The summed E-state index contributed by atoms with van der Waals surface area (Å²) < 4.78 is 2.18. The van der Waals surface area contributed by atoms with Crippen LogP contribution in [0.1, 0.15) is 22.7 Å². The highest BCUT2D eigenvalue weighted by Crippen LogP contribution is 2.47. The Balaban J connectivity index is 1.11. The Morgan fingerprint density at radius 3 is 2.15 bits per heavy atom. The Labute approximate surface area is 266 Å². The second kappa shape index (κ2) is 10.3. The average Bonchev–Trinajstić information content (AvgIpc) is 3.60. The van der Waals surface area contributed by atoms with E-state index in [9.17, 15) is 0 Å². The first-order valence-electron chi connectivity index (χ1n) is 15.5. The topological polar surface area (TPSA) is 72.1 Å². The van der Waals surface area contributed by atoms with Crippen molar-refractivity contribution in [1.82, 2.24) is 24.5 Å². The molecule has 0 saturated heterocycles. The molecule has 0 aliphatic carbocycles. The van der Waals surface area contributed by atoms with E-state index in [0.717, 1.165) is 62.0 Å². The number of aromatic nitrogens is 5. The summed E-state index contributed by atoms with van der Waals surface area (Å²) in [6, 6.07) is 35.5. The lowest BCUT2D eigenvalue weighted by Gasteiger charge is -2.27. The number of anilines is 2. The van der Waals surface area contributed by atoms with Crippen molar-refractivity contribution in [3.8, 4) is 28.6 Å². The van der Waals surface area contributed by atoms with Gasteiger partial charge in [-0.3, -0.25) is 14.5 Å². The minimum Gasteiger partial charge on any atom is -0.317 e. The number of fused-ring (bicyclic) bond motifs is 6. The van der Waals surface area contributed by atoms with Crippen molar-refractivity contribution in [3.63, 3.8) is 0 Å². The van der Waals surface area contributed by atoms with Gasteiger partial charge in [0.05, 0.1) is 45.4 Å². The fraction of sp³-hybridized carbons (Fsp3) is 0.103. The SMILES string of the molecule is Cc1ccc2c(c1)C1N=CC=CC1N2c1cccc(-c2cccc(-c3cccc(-n4c5ccc(C)cc5c5ncccc54)n3)n2)n1. The van der Waals surface area contributed by atoms with Gasteiger partial charge in [-0.1, -0.05) is 53.6 Å². The van der Waals surface area contributed by atoms with E-state index in [4.69, 9.17) is 24.9 Å². The molecule has 2 aromatic carbocycles. The number of rotatable bonds is 4. The summed E-state index contributed by atoms with van der Waals surface area (Å²) in [5.74, 6) is 1.70. The summed E-state index contributed by atoms with van der Waals surface area (Å²) in [6.45, 7) is 4.24. The quantitative estimate of drug-likeness (QED) is 0.204. The summed E-state index contributed by atoms with van der Waals surface area (Å²) in [4.78, 5) is 27.2. The predicted molar refractivity (Wildman–Crippen MR) is 185 cm³/mol. The van der Waals surface area contributed by atoms with Crippen molar-refractivity contribution in [1.29, 1.82) is 0 Å². The number of aliphatic imine (C=N–C) groups is 1. The van der Waals surface area contributed by atoms with E-state index in [2.05, 4.69) is 84.0 Å². The van der Waals surface area contributed by atoms with Crippen molar-refractivity contribution in [3.05, 3.63) is 138 Å². The van der Waals surface area contributed by atoms with E-state index in [0.29, 0.717) is 0 Å². The molecule has 7 nitrogen and oxygen atoms in total. The minimum absolute atomic E-state index is 0.0551. The van der Waals surface area contributed by atoms with Crippen LogP contribution in [-0.4, -0.2) is 36.8 Å². The average molecular weight is 596 g/mol. The molecule has 46 heavy (non-hydrogen) atoms. The maximum Gasteiger partial charge on any atom is 0.138 e. The molecule has 7 aromatic rings. The van der Waals surface area contributed by atoms with Crippen molar-refractivity contribution in [2.45, 2.75) is 25.9 Å². The third-order valence-electron chi connectivity index (χ3n) is 8.92. The summed E-state index contributed by atoms with van der Waals surface area (Å²) in [6.07, 6.45) is 7.99. The van der Waals surface area contributed by atoms with Gasteiger partial charge in [-0.2, -0.15) is 0 Å². The molecule has 0 amide bonds. The Morgan fingerprint density at radius 1 is 0.630 bits per heavy atom. The first kappa shape index (κ1) is 26.5. The van der Waals surface area contributed by atoms with E-state index in [-0.39, 0.29) is 12.1 Å². The number of nitrogens with zero attached hydrogens (tertiary/aromatic N) is 7. The summed E-state index contributed by atoms with van der Waals surface area (Å²) in [7, 11) is 0. The number of hydrogen-bond donors (Lipinski definition) is 0. The third kappa shape index (κ3) is 4.16. The lowest BCUT2D eigenvalue weighted by molar-refractivity contribution is 0.663. The molecule has 7 heterocycles. The number of pyridine rings is 4. The van der Waals surface area contributed by atoms with E-state index >= 15 is 0 Å². The van der Waals surface area contributed by atoms with E-state index in [1.165, 1.54) is 16.7 Å². The first-order valence-corrected chi connectivity index (χ1v) is 15.5. The van der Waals surface area contributed by atoms with Crippen molar-refractivity contribution < 1.29 is 0 Å². The smallest absolute Gasteiger partial charge is 0.138 e. The number of benzene rings is 2. The van der Waals surface area contributed by atoms with Crippen molar-refractivity contribution >= 4 is 39.7 Å². The lowest BCUT2D eigenvalue weighted by atomic mass is 10.0. The predicted octanol–water partition coefficient (Wildman–Crippen LogP) is 8.52. The van der Waals surface area contributed by atoms with Crippen LogP contribution >= 0.6 is 0 Å². The van der Waals surface area contributed by atoms with Gasteiger partial charge in [0.1, 0.15) is 17.7 Å². The van der Waals surface area contributed by atoms with E-state index in [1.807, 2.05) is 67.0 Å². The molecular weight excluding hydrogens is 566 g/mol. The van der Waals surface area contributed by atoms with Crippen LogP contribution in [0.5, 0.6) is 0 Å². The summed E-state index contributed by atoms with van der Waals surface area (Å²) in [5.41, 5.74) is 11.0. The van der Waals surface area contributed by atoms with Crippen LogP contribution in [-0.2, 0) is 0 Å². The standard InChI is InChI=1S/C39H29N7/c1-24-16-18-32-26(22-24)38-34(12-6-20-40-38)45(32)36-14-4-10-30(43-36)28-8-3-9-29(42-28)31-11-5-15-37(44-31)46-33-19-17-25(2)23-27(33)39-35(46)13-7-21-41-39/h3-23,34,38H,1-2H3. The van der Waals surface area contributed by atoms with Crippen LogP contribution in [0.2, 0.25) is 0 Å². The Bertz CT molecular complexity index is 2380. The van der Waals surface area contributed by atoms with Crippen molar-refractivity contribution in [2.24, 2.45) is 4.99 Å². The van der Waals surface area contributed by atoms with Crippen LogP contribution in [0.25, 0.3) is 50.5 Å². The highest BCUT2D eigenvalue weighted by molar-refractivity contribution is 6.07. The zero-order valence-corrected chi connectivity index (χ0v) is 25.4. The third-order valence-corrected chi connectivity index (χ3v) is 8.92. The first-order chi connectivity index (χ1) is 22.6. The fourth-order valence-corrected chi connectivity index (χ4v) is 6.86. The minimum atomic E-state index is 0.0551. The molecule has 220 valence electrons. The molecular formula is C39H29N7. The lowest BCUT2D eigenvalue weighted by Crippen LogP contribution is -2.29. The van der Waals surface area contributed by atoms with Crippen LogP contribution in [0.3, 0.4) is 0 Å². The van der Waals surface area contributed by atoms with Crippen molar-refractivity contribution in [2.75, 3.05) is 4.90 Å². The van der Waals surface area contributed by atoms with E-state index < -0.39 is 0 Å². The molecule has 9 rings (SSSR count). The van der Waals surface area contributed by atoms with Gasteiger partial charge in [0.2, 0.25) is 0 Å². The maximum absolute atomic E-state index is 5.15. The molecule has 5 aromatic heterocycles. The summed E-state index contributed by atoms with van der Waals surface area (Å²) >= 11 is 0. The van der Waals surface area contributed by atoms with Gasteiger partial charge in [-0.25, -0.2) is 15.0 Å². The molecule has 2 aliphatic heterocycles. The molecule has 0 spiro atoms. The molecule has 0 radical (unpaired) electrons. The second-order valence-electron chi connectivity index (χ2n) is 11.9. The van der Waals surface area contributed by atoms with Gasteiger partial charge in [0.25, 0.3) is 0 Å². The van der Waals surface area contributed by atoms with Crippen LogP contribution in [0, 0.1) is 13.8 Å². The van der Waals surface area contributed by atoms with Gasteiger partial charge in [-0.15, -0.1) is 0 Å². The largest absolute Gasteiger partial charge is 0.317 e. The monoisotopic (exact) mass is 595 g/mol. The number of hydrogen-bond acceptors (Lipinski definition) is 6. The number of allylic oxidation sites excluding steroid dienone is 1. The molecule has 7 heteroatoms. The van der Waals surface area contributed by atoms with Crippen LogP contribution < -0.4 is 4.90 Å². The maximum atomic E-state index is 5.15. The Hall–Kier alpha value is -5.95. The van der Waals surface area contributed by atoms with E-state index in [1.54, 1.807) is 0 Å². The van der Waals surface area contributed by atoms with Gasteiger partial charge in [-0.05, 0) is 86.7 Å². The highest BCUT2D eigenvalue weighted by Gasteiger charge is 2.39. The molecule has 2 atom stereocenters. The Morgan fingerprint density at radius 2 is 1.33 bits per heavy atom. The molecule has 2 unspecified atom stereocenters. The molecule has 0 bridgehead atoms. The van der Waals surface area contributed by atoms with Crippen LogP contribution in [0.15, 0.2) is 126 Å². The van der Waals surface area contributed by atoms with Gasteiger partial charge in [0, 0.05) is 29.0 Å². The summed E-state index contributed by atoms with van der Waals surface area (Å²) in [5, 5.41) is 1.12. The molecule has 2 aliphatic rings. The fourth-order valence-electron chi connectivity index (χ4n) is 6.86. The molecule has 0 N–H and O–H groups in total. The molecule has 0 saturated carbocycles. The van der Waals surface area contributed by atoms with Gasteiger partial charge in [0.15, 0.2) is 0 Å². The number of aryl methyl sites for hydroxylation is 2. The van der Waals surface area contributed by atoms with Gasteiger partial charge < -0.3 is 4.90 Å². The second-order valence-corrected chi connectivity index (χ2v) is 11.9. The van der Waals surface area contributed by atoms with Crippen LogP contribution in [0.4, 0.5) is 11.5 Å². The van der Waals surface area contributed by atoms with Gasteiger partial charge >= 0.3 is 0 Å². The normalized spacial score (nSPS) is 16.7. The molecule has 0 fully saturated rings. The zero-order chi connectivity index (χ0) is 30.8. The zero-order valence-electron chi connectivity index (χ0n) is 25.4. The Kier molecular flexibility index (Phi) is 5.93.